The molecule has 0 aromatic carbocycles. The van der Waals surface area contributed by atoms with Crippen LogP contribution < -0.4 is 0 Å². The molecule has 2 aliphatic rings. The zero-order valence-corrected chi connectivity index (χ0v) is 9.05. The van der Waals surface area contributed by atoms with Crippen molar-refractivity contribution in [1.82, 2.24) is 4.31 Å². The van der Waals surface area contributed by atoms with E-state index in [1.807, 2.05) is 0 Å². The van der Waals surface area contributed by atoms with Gasteiger partial charge in [0.15, 0.2) is 5.79 Å². The van der Waals surface area contributed by atoms with E-state index in [2.05, 4.69) is 0 Å². The van der Waals surface area contributed by atoms with Crippen molar-refractivity contribution in [1.29, 1.82) is 0 Å². The Labute approximate surface area is 84.0 Å². The van der Waals surface area contributed by atoms with Gasteiger partial charge in [0.2, 0.25) is 10.0 Å². The lowest BCUT2D eigenvalue weighted by Gasteiger charge is -2.37. The highest BCUT2D eigenvalue weighted by Crippen LogP contribution is 2.30. The van der Waals surface area contributed by atoms with Gasteiger partial charge in [-0.2, -0.15) is 4.31 Å². The second-order valence-electron chi connectivity index (χ2n) is 3.81. The van der Waals surface area contributed by atoms with Gasteiger partial charge in [0.1, 0.15) is 0 Å². The highest BCUT2D eigenvalue weighted by Gasteiger charge is 2.42. The number of sulfonamides is 1. The van der Waals surface area contributed by atoms with Crippen molar-refractivity contribution in [2.75, 3.05) is 32.6 Å². The molecule has 2 aliphatic heterocycles. The Morgan fingerprint density at radius 1 is 1.29 bits per heavy atom. The molecule has 0 unspecified atom stereocenters. The monoisotopic (exact) mass is 221 g/mol. The van der Waals surface area contributed by atoms with Crippen LogP contribution in [0.3, 0.4) is 0 Å². The van der Waals surface area contributed by atoms with Crippen LogP contribution in [0.2, 0.25) is 0 Å². The molecule has 2 saturated heterocycles. The Balaban J connectivity index is 2.11. The topological polar surface area (TPSA) is 55.8 Å². The molecule has 0 saturated carbocycles. The molecule has 14 heavy (non-hydrogen) atoms. The fourth-order valence-electron chi connectivity index (χ4n) is 1.97. The number of rotatable bonds is 1. The summed E-state index contributed by atoms with van der Waals surface area (Å²) in [7, 11) is -3.12. The molecule has 0 aromatic heterocycles. The van der Waals surface area contributed by atoms with Gasteiger partial charge in [-0.15, -0.1) is 0 Å². The van der Waals surface area contributed by atoms with Gasteiger partial charge < -0.3 is 9.47 Å². The molecule has 2 fully saturated rings. The summed E-state index contributed by atoms with van der Waals surface area (Å²) in [4.78, 5) is 0. The van der Waals surface area contributed by atoms with Crippen LogP contribution in [0.4, 0.5) is 0 Å². The predicted octanol–water partition coefficient (Wildman–Crippen LogP) is -0.215. The molecule has 0 aromatic rings. The predicted molar refractivity (Wildman–Crippen MR) is 50.3 cm³/mol. The van der Waals surface area contributed by atoms with Crippen molar-refractivity contribution in [2.45, 2.75) is 18.6 Å². The first-order valence-corrected chi connectivity index (χ1v) is 6.60. The zero-order valence-electron chi connectivity index (χ0n) is 8.23. The standard InChI is InChI=1S/C8H15NO4S/c1-14(10,11)9-4-2-3-8(7-9)12-5-6-13-8/h2-7H2,1H3. The van der Waals surface area contributed by atoms with Crippen molar-refractivity contribution in [3.05, 3.63) is 0 Å². The normalized spacial score (nSPS) is 28.4. The fourth-order valence-corrected chi connectivity index (χ4v) is 2.86. The summed E-state index contributed by atoms with van der Waals surface area (Å²) in [5, 5.41) is 0. The minimum Gasteiger partial charge on any atom is -0.346 e. The molecule has 0 atom stereocenters. The van der Waals surface area contributed by atoms with E-state index in [1.165, 1.54) is 10.6 Å². The molecule has 0 aliphatic carbocycles. The summed E-state index contributed by atoms with van der Waals surface area (Å²) >= 11 is 0. The smallest absolute Gasteiger partial charge is 0.211 e. The summed E-state index contributed by atoms with van der Waals surface area (Å²) in [6, 6.07) is 0. The first-order chi connectivity index (χ1) is 6.52. The second kappa shape index (κ2) is 3.44. The van der Waals surface area contributed by atoms with Gasteiger partial charge in [0.05, 0.1) is 26.0 Å². The lowest BCUT2D eigenvalue weighted by atomic mass is 10.1. The number of piperidine rings is 1. The maximum atomic E-state index is 11.3. The maximum absolute atomic E-state index is 11.3. The van der Waals surface area contributed by atoms with Crippen LogP contribution in [-0.4, -0.2) is 51.1 Å². The fraction of sp³-hybridized carbons (Fsp3) is 1.00. The molecular weight excluding hydrogens is 206 g/mol. The quantitative estimate of drug-likeness (QED) is 0.614. The molecule has 82 valence electrons. The average Bonchev–Trinajstić information content (AvgIpc) is 2.52. The molecule has 2 rings (SSSR count). The van der Waals surface area contributed by atoms with Crippen LogP contribution >= 0.6 is 0 Å². The summed E-state index contributed by atoms with van der Waals surface area (Å²) in [5.41, 5.74) is 0. The summed E-state index contributed by atoms with van der Waals surface area (Å²) < 4.78 is 35.1. The number of hydrogen-bond donors (Lipinski definition) is 0. The van der Waals surface area contributed by atoms with Crippen LogP contribution in [0.1, 0.15) is 12.8 Å². The van der Waals surface area contributed by atoms with Crippen LogP contribution in [0.5, 0.6) is 0 Å². The third-order valence-corrected chi connectivity index (χ3v) is 3.91. The van der Waals surface area contributed by atoms with E-state index < -0.39 is 15.8 Å². The van der Waals surface area contributed by atoms with E-state index in [1.54, 1.807) is 0 Å². The molecule has 0 N–H and O–H groups in total. The largest absolute Gasteiger partial charge is 0.346 e. The molecular formula is C8H15NO4S. The molecule has 0 amide bonds. The summed E-state index contributed by atoms with van der Waals surface area (Å²) in [5.74, 6) is -0.651. The minimum atomic E-state index is -3.12. The SMILES string of the molecule is CS(=O)(=O)N1CCCC2(C1)OCCO2. The van der Waals surface area contributed by atoms with E-state index in [-0.39, 0.29) is 0 Å². The van der Waals surface area contributed by atoms with Crippen LogP contribution in [-0.2, 0) is 19.5 Å². The van der Waals surface area contributed by atoms with Crippen LogP contribution in [0.15, 0.2) is 0 Å². The number of hydrogen-bond acceptors (Lipinski definition) is 4. The Morgan fingerprint density at radius 3 is 2.50 bits per heavy atom. The number of ether oxygens (including phenoxy) is 2. The summed E-state index contributed by atoms with van der Waals surface area (Å²) in [6.45, 7) is 2.05. The molecule has 0 radical (unpaired) electrons. The van der Waals surface area contributed by atoms with Gasteiger partial charge in [-0.25, -0.2) is 8.42 Å². The van der Waals surface area contributed by atoms with Crippen molar-refractivity contribution >= 4 is 10.0 Å². The van der Waals surface area contributed by atoms with Crippen LogP contribution in [0.25, 0.3) is 0 Å². The highest BCUT2D eigenvalue weighted by atomic mass is 32.2. The van der Waals surface area contributed by atoms with E-state index >= 15 is 0 Å². The van der Waals surface area contributed by atoms with Gasteiger partial charge >= 0.3 is 0 Å². The van der Waals surface area contributed by atoms with Crippen LogP contribution in [0, 0.1) is 0 Å². The van der Waals surface area contributed by atoms with E-state index in [0.29, 0.717) is 26.3 Å². The Bertz CT molecular complexity index is 307. The first kappa shape index (κ1) is 10.4. The van der Waals surface area contributed by atoms with Crippen molar-refractivity contribution in [3.8, 4) is 0 Å². The zero-order chi connectivity index (χ0) is 10.2. The Hall–Kier alpha value is -0.170. The Kier molecular flexibility index (Phi) is 2.55. The maximum Gasteiger partial charge on any atom is 0.211 e. The third kappa shape index (κ3) is 1.93. The van der Waals surface area contributed by atoms with E-state index in [0.717, 1.165) is 12.8 Å². The molecule has 1 spiro atoms. The van der Waals surface area contributed by atoms with Gasteiger partial charge in [0, 0.05) is 13.0 Å². The Morgan fingerprint density at radius 2 is 1.93 bits per heavy atom. The molecule has 2 heterocycles. The van der Waals surface area contributed by atoms with Gasteiger partial charge in [-0.05, 0) is 6.42 Å². The minimum absolute atomic E-state index is 0.339. The van der Waals surface area contributed by atoms with Gasteiger partial charge in [0.25, 0.3) is 0 Å². The van der Waals surface area contributed by atoms with E-state index in [4.69, 9.17) is 9.47 Å². The van der Waals surface area contributed by atoms with E-state index in [9.17, 15) is 8.42 Å². The molecule has 5 nitrogen and oxygen atoms in total. The lowest BCUT2D eigenvalue weighted by Crippen LogP contribution is -2.50. The molecule has 0 bridgehead atoms. The third-order valence-electron chi connectivity index (χ3n) is 2.67. The van der Waals surface area contributed by atoms with Crippen molar-refractivity contribution in [3.63, 3.8) is 0 Å². The van der Waals surface area contributed by atoms with Crippen molar-refractivity contribution < 1.29 is 17.9 Å². The summed E-state index contributed by atoms with van der Waals surface area (Å²) in [6.07, 6.45) is 2.81. The highest BCUT2D eigenvalue weighted by molar-refractivity contribution is 7.88. The molecule has 6 heteroatoms. The second-order valence-corrected chi connectivity index (χ2v) is 5.79. The average molecular weight is 221 g/mol. The van der Waals surface area contributed by atoms with Crippen molar-refractivity contribution in [2.24, 2.45) is 0 Å². The number of nitrogens with zero attached hydrogens (tertiary/aromatic N) is 1. The van der Waals surface area contributed by atoms with Gasteiger partial charge in [-0.1, -0.05) is 0 Å². The van der Waals surface area contributed by atoms with Gasteiger partial charge in [-0.3, -0.25) is 0 Å². The lowest BCUT2D eigenvalue weighted by molar-refractivity contribution is -0.179. The first-order valence-electron chi connectivity index (χ1n) is 4.75.